The average Bonchev–Trinajstić information content (AvgIpc) is 3.59. The van der Waals surface area contributed by atoms with Crippen molar-refractivity contribution in [2.75, 3.05) is 5.32 Å². The fraction of sp³-hybridized carbons (Fsp3) is 0.304. The largest absolute Gasteiger partial charge is 0.491 e. The second-order valence-electron chi connectivity index (χ2n) is 8.30. The maximum absolute atomic E-state index is 12.9. The van der Waals surface area contributed by atoms with E-state index in [9.17, 15) is 18.0 Å². The zero-order valence-corrected chi connectivity index (χ0v) is 21.6. The van der Waals surface area contributed by atoms with Crippen LogP contribution in [-0.4, -0.2) is 46.7 Å². The lowest BCUT2D eigenvalue weighted by molar-refractivity contribution is -0.136. The number of rotatable bonds is 10. The third-order valence-electron chi connectivity index (χ3n) is 4.90. The number of anilines is 1. The molecule has 4 rings (SSSR count). The molecule has 1 saturated carbocycles. The first-order valence-electron chi connectivity index (χ1n) is 10.9. The predicted molar refractivity (Wildman–Crippen MR) is 133 cm³/mol. The van der Waals surface area contributed by atoms with Gasteiger partial charge in [-0.25, -0.2) is 18.4 Å². The topological polar surface area (TPSA) is 145 Å². The summed E-state index contributed by atoms with van der Waals surface area (Å²) >= 11 is 6.98. The average molecular weight is 552 g/mol. The van der Waals surface area contributed by atoms with Crippen molar-refractivity contribution in [3.63, 3.8) is 0 Å². The van der Waals surface area contributed by atoms with Crippen molar-refractivity contribution in [1.29, 1.82) is 0 Å². The van der Waals surface area contributed by atoms with Gasteiger partial charge in [0.25, 0.3) is 5.91 Å². The Balaban J connectivity index is 1.55. The number of aliphatic carboxylic acids is 1. The van der Waals surface area contributed by atoms with Crippen LogP contribution in [0.25, 0.3) is 0 Å². The molecule has 2 aromatic heterocycles. The van der Waals surface area contributed by atoms with Gasteiger partial charge < -0.3 is 14.6 Å². The molecule has 0 atom stereocenters. The first-order valence-corrected chi connectivity index (χ1v) is 13.6. The summed E-state index contributed by atoms with van der Waals surface area (Å²) in [4.78, 5) is 32.0. The summed E-state index contributed by atoms with van der Waals surface area (Å²) in [6.07, 6.45) is 2.05. The second-order valence-corrected chi connectivity index (χ2v) is 12.1. The van der Waals surface area contributed by atoms with Crippen LogP contribution in [0.4, 0.5) is 5.13 Å². The lowest BCUT2D eigenvalue weighted by atomic mass is 10.2. The Bertz CT molecular complexity index is 1400. The number of hydrogen-bond acceptors (Lipinski definition) is 9. The van der Waals surface area contributed by atoms with Crippen LogP contribution in [0.15, 0.2) is 41.6 Å². The van der Waals surface area contributed by atoms with E-state index >= 15 is 0 Å². The second kappa shape index (κ2) is 10.4. The molecule has 0 aliphatic heterocycles. The third-order valence-corrected chi connectivity index (χ3v) is 8.33. The monoisotopic (exact) mass is 551 g/mol. The minimum atomic E-state index is -3.42. The number of ether oxygens (including phenoxy) is 2. The van der Waals surface area contributed by atoms with Gasteiger partial charge in [0.05, 0.1) is 29.7 Å². The lowest BCUT2D eigenvalue weighted by Crippen LogP contribution is -2.13. The van der Waals surface area contributed by atoms with E-state index in [0.29, 0.717) is 18.6 Å². The number of nitrogens with one attached hydrogen (secondary N) is 1. The highest BCUT2D eigenvalue weighted by molar-refractivity contribution is 7.92. The summed E-state index contributed by atoms with van der Waals surface area (Å²) < 4.78 is 36.5. The Labute approximate surface area is 216 Å². The maximum Gasteiger partial charge on any atom is 0.309 e. The van der Waals surface area contributed by atoms with Crippen molar-refractivity contribution in [2.24, 2.45) is 0 Å². The number of carbonyl (C=O) groups excluding carboxylic acids is 1. The molecule has 0 bridgehead atoms. The number of sulfone groups is 1. The summed E-state index contributed by atoms with van der Waals surface area (Å²) in [5.74, 6) is -0.708. The Morgan fingerprint density at radius 2 is 1.92 bits per heavy atom. The molecule has 13 heteroatoms. The number of aromatic nitrogens is 2. The summed E-state index contributed by atoms with van der Waals surface area (Å²) in [6, 6.07) is 7.49. The van der Waals surface area contributed by atoms with Gasteiger partial charge in [0.1, 0.15) is 21.6 Å². The van der Waals surface area contributed by atoms with Gasteiger partial charge >= 0.3 is 5.97 Å². The minimum Gasteiger partial charge on any atom is -0.491 e. The van der Waals surface area contributed by atoms with Gasteiger partial charge in [0, 0.05) is 11.6 Å². The molecule has 1 aliphatic carbocycles. The van der Waals surface area contributed by atoms with E-state index in [1.807, 2.05) is 13.8 Å². The van der Waals surface area contributed by atoms with Gasteiger partial charge in [0.15, 0.2) is 20.0 Å². The molecule has 190 valence electrons. The number of thiazole rings is 1. The van der Waals surface area contributed by atoms with Crippen molar-refractivity contribution < 1.29 is 32.6 Å². The number of hydrogen-bond donors (Lipinski definition) is 2. The van der Waals surface area contributed by atoms with Crippen molar-refractivity contribution in [3.8, 4) is 17.2 Å². The van der Waals surface area contributed by atoms with Crippen molar-refractivity contribution in [1.82, 2.24) is 9.97 Å². The van der Waals surface area contributed by atoms with Crippen molar-refractivity contribution in [3.05, 3.63) is 52.1 Å². The van der Waals surface area contributed by atoms with E-state index in [-0.39, 0.29) is 55.0 Å². The Kier molecular flexibility index (Phi) is 7.48. The van der Waals surface area contributed by atoms with Crippen molar-refractivity contribution in [2.45, 2.75) is 49.5 Å². The number of benzene rings is 1. The fourth-order valence-electron chi connectivity index (χ4n) is 3.19. The molecular weight excluding hydrogens is 530 g/mol. The number of nitrogens with zero attached hydrogens (tertiary/aromatic N) is 2. The molecule has 3 aromatic rings. The highest BCUT2D eigenvalue weighted by atomic mass is 35.5. The predicted octanol–water partition coefficient (Wildman–Crippen LogP) is 4.59. The number of carboxylic acid groups (broad SMARTS) is 1. The molecule has 10 nitrogen and oxygen atoms in total. The Hall–Kier alpha value is -3.22. The van der Waals surface area contributed by atoms with Gasteiger partial charge in [-0.3, -0.25) is 14.9 Å². The number of pyridine rings is 1. The van der Waals surface area contributed by atoms with E-state index in [1.54, 1.807) is 6.07 Å². The van der Waals surface area contributed by atoms with Gasteiger partial charge in [0.2, 0.25) is 0 Å². The molecule has 1 fully saturated rings. The zero-order chi connectivity index (χ0) is 26.0. The molecule has 0 saturated heterocycles. The number of carboxylic acids is 1. The smallest absolute Gasteiger partial charge is 0.309 e. The van der Waals surface area contributed by atoms with E-state index < -0.39 is 21.7 Å². The highest BCUT2D eigenvalue weighted by Crippen LogP contribution is 2.34. The summed E-state index contributed by atoms with van der Waals surface area (Å²) in [5, 5.41) is 11.3. The van der Waals surface area contributed by atoms with E-state index in [1.165, 1.54) is 30.5 Å². The highest BCUT2D eigenvalue weighted by Gasteiger charge is 2.37. The Morgan fingerprint density at radius 3 is 2.53 bits per heavy atom. The van der Waals surface area contributed by atoms with Crippen LogP contribution < -0.4 is 14.8 Å². The molecule has 0 spiro atoms. The molecule has 0 radical (unpaired) electrons. The molecule has 1 aliphatic rings. The van der Waals surface area contributed by atoms with Gasteiger partial charge in [-0.1, -0.05) is 22.9 Å². The molecule has 1 aromatic carbocycles. The maximum atomic E-state index is 12.9. The van der Waals surface area contributed by atoms with E-state index in [4.69, 9.17) is 26.2 Å². The molecule has 2 N–H and O–H groups in total. The lowest BCUT2D eigenvalue weighted by Gasteiger charge is -2.14. The van der Waals surface area contributed by atoms with E-state index in [0.717, 1.165) is 11.3 Å². The molecular formula is C23H22ClN3O7S2. The van der Waals surface area contributed by atoms with Gasteiger partial charge in [-0.2, -0.15) is 0 Å². The van der Waals surface area contributed by atoms with Crippen LogP contribution in [0.5, 0.6) is 17.2 Å². The molecule has 2 heterocycles. The van der Waals surface area contributed by atoms with Crippen LogP contribution in [0.3, 0.4) is 0 Å². The summed E-state index contributed by atoms with van der Waals surface area (Å²) in [7, 11) is -3.42. The fourth-order valence-corrected chi connectivity index (χ4v) is 5.78. The van der Waals surface area contributed by atoms with Gasteiger partial charge in [-0.05, 0) is 51.0 Å². The van der Waals surface area contributed by atoms with Crippen LogP contribution in [0.1, 0.15) is 42.7 Å². The molecule has 1 amide bonds. The SMILES string of the molecule is CC(C)Oc1cc(Oc2ccc(S(=O)(=O)C3CC3)nc2)cc(C(=O)Nc2nc(CC(=O)O)c(Cl)s2)c1. The van der Waals surface area contributed by atoms with Crippen LogP contribution in [-0.2, 0) is 21.1 Å². The summed E-state index contributed by atoms with van der Waals surface area (Å²) in [6.45, 7) is 3.66. The van der Waals surface area contributed by atoms with Crippen LogP contribution >= 0.6 is 22.9 Å². The first-order chi connectivity index (χ1) is 17.0. The standard InChI is InChI=1S/C23H22ClN3O7S2/c1-12(2)33-15-7-13(22(30)27-23-26-18(10-20(28)29)21(24)35-23)8-16(9-15)34-14-3-6-19(25-11-14)36(31,32)17-4-5-17/h3,6-9,11-12,17H,4-5,10H2,1-2H3,(H,28,29)(H,26,27,30). The van der Waals surface area contributed by atoms with E-state index in [2.05, 4.69) is 15.3 Å². The number of amides is 1. The van der Waals surface area contributed by atoms with Crippen LogP contribution in [0, 0.1) is 0 Å². The number of carbonyl (C=O) groups is 2. The quantitative estimate of drug-likeness (QED) is 0.369. The van der Waals surface area contributed by atoms with Crippen molar-refractivity contribution >= 4 is 49.8 Å². The first kappa shape index (κ1) is 25.9. The number of halogens is 1. The third kappa shape index (κ3) is 6.31. The summed E-state index contributed by atoms with van der Waals surface area (Å²) in [5.41, 5.74) is 0.347. The zero-order valence-electron chi connectivity index (χ0n) is 19.2. The molecule has 0 unspecified atom stereocenters. The van der Waals surface area contributed by atoms with Crippen LogP contribution in [0.2, 0.25) is 4.34 Å². The normalized spacial score (nSPS) is 13.4. The Morgan fingerprint density at radius 1 is 1.19 bits per heavy atom. The molecule has 36 heavy (non-hydrogen) atoms. The van der Waals surface area contributed by atoms with Gasteiger partial charge in [-0.15, -0.1) is 0 Å². The minimum absolute atomic E-state index is 0.00122.